The second-order valence-electron chi connectivity index (χ2n) is 8.36. The first-order chi connectivity index (χ1) is 13.2. The number of anilines is 1. The number of hydrogen-bond acceptors (Lipinski definition) is 5. The van der Waals surface area contributed by atoms with Gasteiger partial charge in [0.2, 0.25) is 0 Å². The molecule has 0 atom stereocenters. The van der Waals surface area contributed by atoms with Crippen LogP contribution in [0.1, 0.15) is 48.6 Å². The summed E-state index contributed by atoms with van der Waals surface area (Å²) in [7, 11) is -4.70. The van der Waals surface area contributed by atoms with Crippen LogP contribution in [-0.4, -0.2) is 51.2 Å². The number of ether oxygens (including phenoxy) is 1. The standard InChI is InChI=1S/C21H29FN2O4S/c1-8-17-14(2)18(13-29(22,26)27)16(4)19(15(17)3)23-9-11-24(12-10-23)20(25)28-21(5,6)7/h1H,9-13H2,2-7H3. The maximum atomic E-state index is 13.5. The molecule has 0 bridgehead atoms. The van der Waals surface area contributed by atoms with Gasteiger partial charge in [-0.1, -0.05) is 5.92 Å². The molecule has 0 aliphatic carbocycles. The summed E-state index contributed by atoms with van der Waals surface area (Å²) in [5.41, 5.74) is 3.40. The Bertz CT molecular complexity index is 951. The quantitative estimate of drug-likeness (QED) is 0.549. The van der Waals surface area contributed by atoms with Crippen LogP contribution in [0.4, 0.5) is 14.4 Å². The Morgan fingerprint density at radius 3 is 2.10 bits per heavy atom. The Morgan fingerprint density at radius 2 is 1.66 bits per heavy atom. The van der Waals surface area contributed by atoms with Gasteiger partial charge in [-0.3, -0.25) is 0 Å². The summed E-state index contributed by atoms with van der Waals surface area (Å²) in [6.07, 6.45) is 5.31. The van der Waals surface area contributed by atoms with Gasteiger partial charge in [0, 0.05) is 37.4 Å². The zero-order valence-corrected chi connectivity index (χ0v) is 18.7. The molecule has 6 nitrogen and oxygen atoms in total. The fraction of sp³-hybridized carbons (Fsp3) is 0.571. The number of terminal acetylenes is 1. The summed E-state index contributed by atoms with van der Waals surface area (Å²) >= 11 is 0. The molecule has 0 saturated carbocycles. The molecular formula is C21H29FN2O4S. The van der Waals surface area contributed by atoms with Crippen molar-refractivity contribution in [3.05, 3.63) is 27.8 Å². The molecule has 1 heterocycles. The molecule has 1 amide bonds. The molecule has 0 spiro atoms. The SMILES string of the molecule is C#Cc1c(C)c(CS(=O)(=O)F)c(C)c(N2CCN(C(=O)OC(C)(C)C)CC2)c1C. The van der Waals surface area contributed by atoms with Crippen molar-refractivity contribution in [1.29, 1.82) is 0 Å². The van der Waals surface area contributed by atoms with Gasteiger partial charge in [0.15, 0.2) is 0 Å². The van der Waals surface area contributed by atoms with Crippen LogP contribution in [0.5, 0.6) is 0 Å². The number of carbonyl (C=O) groups excluding carboxylic acids is 1. The Kier molecular flexibility index (Phi) is 6.53. The van der Waals surface area contributed by atoms with E-state index in [2.05, 4.69) is 10.8 Å². The van der Waals surface area contributed by atoms with Gasteiger partial charge >= 0.3 is 16.3 Å². The van der Waals surface area contributed by atoms with Crippen molar-refractivity contribution in [1.82, 2.24) is 4.90 Å². The van der Waals surface area contributed by atoms with Crippen LogP contribution in [0, 0.1) is 33.1 Å². The number of halogens is 1. The van der Waals surface area contributed by atoms with E-state index < -0.39 is 21.6 Å². The second kappa shape index (κ2) is 8.23. The molecule has 0 radical (unpaired) electrons. The Balaban J connectivity index is 2.35. The zero-order valence-electron chi connectivity index (χ0n) is 17.9. The van der Waals surface area contributed by atoms with E-state index in [-0.39, 0.29) is 6.09 Å². The highest BCUT2D eigenvalue weighted by Gasteiger charge is 2.29. The smallest absolute Gasteiger partial charge is 0.410 e. The van der Waals surface area contributed by atoms with Crippen LogP contribution in [0.25, 0.3) is 0 Å². The van der Waals surface area contributed by atoms with Gasteiger partial charge in [-0.2, -0.15) is 8.42 Å². The summed E-state index contributed by atoms with van der Waals surface area (Å²) in [6.45, 7) is 12.9. The largest absolute Gasteiger partial charge is 0.444 e. The van der Waals surface area contributed by atoms with Gasteiger partial charge in [0.1, 0.15) is 11.4 Å². The summed E-state index contributed by atoms with van der Waals surface area (Å²) in [5, 5.41) is 0. The average Bonchev–Trinajstić information content (AvgIpc) is 2.57. The molecule has 1 fully saturated rings. The van der Waals surface area contributed by atoms with Gasteiger partial charge < -0.3 is 14.5 Å². The van der Waals surface area contributed by atoms with E-state index in [1.54, 1.807) is 18.7 Å². The van der Waals surface area contributed by atoms with E-state index in [1.807, 2.05) is 27.7 Å². The number of benzene rings is 1. The van der Waals surface area contributed by atoms with Gasteiger partial charge in [-0.15, -0.1) is 10.3 Å². The van der Waals surface area contributed by atoms with E-state index in [0.29, 0.717) is 48.4 Å². The Morgan fingerprint density at radius 1 is 1.10 bits per heavy atom. The van der Waals surface area contributed by atoms with Crippen LogP contribution < -0.4 is 4.90 Å². The van der Waals surface area contributed by atoms with Crippen molar-refractivity contribution in [3.8, 4) is 12.3 Å². The maximum Gasteiger partial charge on any atom is 0.410 e. The topological polar surface area (TPSA) is 66.9 Å². The first-order valence-electron chi connectivity index (χ1n) is 9.49. The fourth-order valence-corrected chi connectivity index (χ4v) is 4.55. The van der Waals surface area contributed by atoms with Crippen molar-refractivity contribution in [2.75, 3.05) is 31.1 Å². The van der Waals surface area contributed by atoms with Crippen LogP contribution in [0.15, 0.2) is 0 Å². The van der Waals surface area contributed by atoms with E-state index in [9.17, 15) is 17.1 Å². The molecule has 0 aromatic heterocycles. The lowest BCUT2D eigenvalue weighted by atomic mass is 9.91. The third-order valence-electron chi connectivity index (χ3n) is 5.07. The molecule has 160 valence electrons. The van der Waals surface area contributed by atoms with Crippen molar-refractivity contribution in [2.24, 2.45) is 0 Å². The minimum absolute atomic E-state index is 0.358. The number of piperazine rings is 1. The van der Waals surface area contributed by atoms with E-state index in [0.717, 1.165) is 11.3 Å². The van der Waals surface area contributed by atoms with E-state index >= 15 is 0 Å². The Labute approximate surface area is 173 Å². The third-order valence-corrected chi connectivity index (χ3v) is 5.71. The van der Waals surface area contributed by atoms with Crippen LogP contribution in [0.2, 0.25) is 0 Å². The highest BCUT2D eigenvalue weighted by molar-refractivity contribution is 7.85. The Hall–Kier alpha value is -2.27. The van der Waals surface area contributed by atoms with E-state index in [4.69, 9.17) is 11.2 Å². The third kappa shape index (κ3) is 5.41. The molecule has 29 heavy (non-hydrogen) atoms. The van der Waals surface area contributed by atoms with Crippen molar-refractivity contribution in [2.45, 2.75) is 52.9 Å². The molecule has 1 aromatic carbocycles. The van der Waals surface area contributed by atoms with Gasteiger partial charge in [0.05, 0.1) is 0 Å². The summed E-state index contributed by atoms with van der Waals surface area (Å²) in [4.78, 5) is 16.0. The minimum atomic E-state index is -4.70. The highest BCUT2D eigenvalue weighted by atomic mass is 32.3. The highest BCUT2D eigenvalue weighted by Crippen LogP contribution is 2.35. The monoisotopic (exact) mass is 424 g/mol. The molecule has 0 unspecified atom stereocenters. The lowest BCUT2D eigenvalue weighted by Crippen LogP contribution is -2.50. The zero-order chi connectivity index (χ0) is 22.1. The van der Waals surface area contributed by atoms with Crippen molar-refractivity contribution >= 4 is 22.0 Å². The van der Waals surface area contributed by atoms with Gasteiger partial charge in [0.25, 0.3) is 0 Å². The summed E-state index contributed by atoms with van der Waals surface area (Å²) < 4.78 is 41.5. The number of amides is 1. The predicted molar refractivity (Wildman–Crippen MR) is 112 cm³/mol. The molecule has 1 aromatic rings. The van der Waals surface area contributed by atoms with Crippen molar-refractivity contribution in [3.63, 3.8) is 0 Å². The average molecular weight is 425 g/mol. The van der Waals surface area contributed by atoms with Crippen molar-refractivity contribution < 1.29 is 21.8 Å². The first-order valence-corrected chi connectivity index (χ1v) is 11.0. The predicted octanol–water partition coefficient (Wildman–Crippen LogP) is 3.45. The molecule has 1 aliphatic rings. The number of carbonyl (C=O) groups is 1. The lowest BCUT2D eigenvalue weighted by Gasteiger charge is -2.38. The second-order valence-corrected chi connectivity index (χ2v) is 9.73. The lowest BCUT2D eigenvalue weighted by molar-refractivity contribution is 0.0240. The van der Waals surface area contributed by atoms with Gasteiger partial charge in [-0.05, 0) is 63.8 Å². The van der Waals surface area contributed by atoms with Crippen LogP contribution >= 0.6 is 0 Å². The number of nitrogens with zero attached hydrogens (tertiary/aromatic N) is 2. The number of rotatable bonds is 3. The van der Waals surface area contributed by atoms with Gasteiger partial charge in [-0.25, -0.2) is 4.79 Å². The minimum Gasteiger partial charge on any atom is -0.444 e. The molecule has 0 N–H and O–H groups in total. The summed E-state index contributed by atoms with van der Waals surface area (Å²) in [6, 6.07) is 0. The molecule has 2 rings (SSSR count). The normalized spacial score (nSPS) is 15.2. The molecular weight excluding hydrogens is 395 g/mol. The summed E-state index contributed by atoms with van der Waals surface area (Å²) in [5.74, 6) is 1.92. The van der Waals surface area contributed by atoms with Crippen LogP contribution in [-0.2, 0) is 20.7 Å². The molecule has 1 saturated heterocycles. The maximum absolute atomic E-state index is 13.5. The molecule has 1 aliphatic heterocycles. The fourth-order valence-electron chi connectivity index (χ4n) is 3.77. The molecule has 8 heteroatoms. The van der Waals surface area contributed by atoms with E-state index in [1.165, 1.54) is 0 Å². The number of hydrogen-bond donors (Lipinski definition) is 0. The van der Waals surface area contributed by atoms with Crippen LogP contribution in [0.3, 0.4) is 0 Å². The first kappa shape index (κ1) is 23.0.